The standard InChI is InChI=1S/C38H23NOS/c1-2-12-25-24(11-1)23-34(27-14-4-3-13-26(25)27)39(32-19-9-17-30-28-15-5-7-21-35(28)40-37(30)32)33-20-10-18-31-29-16-6-8-22-36(29)41-38(31)33/h1-23H. The van der Waals surface area contributed by atoms with Gasteiger partial charge in [0.05, 0.1) is 21.8 Å². The average molecular weight is 542 g/mol. The van der Waals surface area contributed by atoms with Crippen LogP contribution in [0.4, 0.5) is 17.1 Å². The Balaban J connectivity index is 1.46. The van der Waals surface area contributed by atoms with Crippen molar-refractivity contribution in [2.75, 3.05) is 4.90 Å². The Hall–Kier alpha value is -5.12. The zero-order valence-electron chi connectivity index (χ0n) is 22.0. The predicted octanol–water partition coefficient (Wildman–Crippen LogP) is 11.7. The second kappa shape index (κ2) is 8.69. The van der Waals surface area contributed by atoms with Crippen LogP contribution in [0.15, 0.2) is 144 Å². The highest BCUT2D eigenvalue weighted by atomic mass is 32.1. The van der Waals surface area contributed by atoms with Crippen molar-refractivity contribution in [2.24, 2.45) is 0 Å². The normalized spacial score (nSPS) is 11.9. The highest BCUT2D eigenvalue weighted by molar-refractivity contribution is 7.26. The molecule has 9 rings (SSSR count). The number of para-hydroxylation sites is 2. The maximum absolute atomic E-state index is 6.64. The Morgan fingerprint density at radius 3 is 1.95 bits per heavy atom. The van der Waals surface area contributed by atoms with Gasteiger partial charge in [0.25, 0.3) is 0 Å². The fraction of sp³-hybridized carbons (Fsp3) is 0. The van der Waals surface area contributed by atoms with Gasteiger partial charge >= 0.3 is 0 Å². The monoisotopic (exact) mass is 541 g/mol. The first-order valence-corrected chi connectivity index (χ1v) is 14.7. The molecule has 0 fully saturated rings. The van der Waals surface area contributed by atoms with Crippen LogP contribution in [0, 0.1) is 0 Å². The summed E-state index contributed by atoms with van der Waals surface area (Å²) in [5, 5.41) is 9.74. The number of anilines is 3. The van der Waals surface area contributed by atoms with E-state index < -0.39 is 0 Å². The van der Waals surface area contributed by atoms with Crippen molar-refractivity contribution in [2.45, 2.75) is 0 Å². The van der Waals surface area contributed by atoms with Crippen LogP contribution in [0.25, 0.3) is 63.7 Å². The van der Waals surface area contributed by atoms with E-state index in [1.54, 1.807) is 0 Å². The lowest BCUT2D eigenvalue weighted by atomic mass is 9.98. The summed E-state index contributed by atoms with van der Waals surface area (Å²) in [7, 11) is 0. The molecule has 0 N–H and O–H groups in total. The molecule has 0 amide bonds. The quantitative estimate of drug-likeness (QED) is 0.207. The molecule has 9 aromatic rings. The van der Waals surface area contributed by atoms with Gasteiger partial charge in [-0.1, -0.05) is 109 Å². The molecule has 41 heavy (non-hydrogen) atoms. The Morgan fingerprint density at radius 1 is 0.439 bits per heavy atom. The number of rotatable bonds is 3. The van der Waals surface area contributed by atoms with Gasteiger partial charge in [-0.25, -0.2) is 0 Å². The maximum atomic E-state index is 6.64. The zero-order valence-corrected chi connectivity index (χ0v) is 22.9. The summed E-state index contributed by atoms with van der Waals surface area (Å²) in [6, 6.07) is 50.0. The van der Waals surface area contributed by atoms with Crippen LogP contribution in [0.1, 0.15) is 0 Å². The van der Waals surface area contributed by atoms with Crippen molar-refractivity contribution < 1.29 is 4.42 Å². The molecule has 0 bridgehead atoms. The van der Waals surface area contributed by atoms with Crippen LogP contribution in [0.2, 0.25) is 0 Å². The SMILES string of the molecule is c1ccc2c(c1)cc(N(c1cccc3c1oc1ccccc13)c1cccc3c1sc1ccccc13)c1ccccc12. The second-order valence-corrected chi connectivity index (χ2v) is 11.6. The molecule has 7 aromatic carbocycles. The van der Waals surface area contributed by atoms with Gasteiger partial charge in [-0.2, -0.15) is 0 Å². The number of thiophene rings is 1. The molecule has 0 aliphatic carbocycles. The minimum atomic E-state index is 0.893. The zero-order chi connectivity index (χ0) is 26.9. The number of hydrogen-bond donors (Lipinski definition) is 0. The number of furan rings is 1. The van der Waals surface area contributed by atoms with Gasteiger partial charge in [0.1, 0.15) is 5.58 Å². The van der Waals surface area contributed by atoms with Crippen LogP contribution < -0.4 is 4.90 Å². The van der Waals surface area contributed by atoms with Crippen LogP contribution >= 0.6 is 11.3 Å². The van der Waals surface area contributed by atoms with Crippen molar-refractivity contribution in [1.82, 2.24) is 0 Å². The van der Waals surface area contributed by atoms with E-state index in [4.69, 9.17) is 4.42 Å². The van der Waals surface area contributed by atoms with E-state index in [0.717, 1.165) is 39.0 Å². The lowest BCUT2D eigenvalue weighted by molar-refractivity contribution is 0.669. The molecule has 2 nitrogen and oxygen atoms in total. The van der Waals surface area contributed by atoms with E-state index in [-0.39, 0.29) is 0 Å². The molecule has 0 aliphatic rings. The van der Waals surface area contributed by atoms with Gasteiger partial charge < -0.3 is 9.32 Å². The van der Waals surface area contributed by atoms with Crippen LogP contribution in [-0.4, -0.2) is 0 Å². The summed E-state index contributed by atoms with van der Waals surface area (Å²) in [5.41, 5.74) is 5.11. The third-order valence-corrected chi connectivity index (χ3v) is 9.44. The molecule has 0 unspecified atom stereocenters. The highest BCUT2D eigenvalue weighted by Gasteiger charge is 2.24. The Morgan fingerprint density at radius 2 is 1.07 bits per heavy atom. The minimum absolute atomic E-state index is 0.893. The minimum Gasteiger partial charge on any atom is -0.454 e. The van der Waals surface area contributed by atoms with Gasteiger partial charge in [0.2, 0.25) is 0 Å². The van der Waals surface area contributed by atoms with Crippen molar-refractivity contribution in [3.8, 4) is 0 Å². The van der Waals surface area contributed by atoms with Gasteiger partial charge in [0.15, 0.2) is 5.58 Å². The van der Waals surface area contributed by atoms with E-state index in [2.05, 4.69) is 138 Å². The fourth-order valence-corrected chi connectivity index (χ4v) is 7.63. The summed E-state index contributed by atoms with van der Waals surface area (Å²) in [6.07, 6.45) is 0. The van der Waals surface area contributed by atoms with Crippen molar-refractivity contribution in [3.05, 3.63) is 140 Å². The predicted molar refractivity (Wildman–Crippen MR) is 176 cm³/mol. The first-order chi connectivity index (χ1) is 20.3. The van der Waals surface area contributed by atoms with Gasteiger partial charge in [-0.15, -0.1) is 11.3 Å². The van der Waals surface area contributed by atoms with Crippen LogP contribution in [0.3, 0.4) is 0 Å². The van der Waals surface area contributed by atoms with Crippen molar-refractivity contribution in [3.63, 3.8) is 0 Å². The van der Waals surface area contributed by atoms with Gasteiger partial charge in [-0.05, 0) is 46.5 Å². The topological polar surface area (TPSA) is 16.4 Å². The molecule has 0 radical (unpaired) electrons. The van der Waals surface area contributed by atoms with E-state index in [1.807, 2.05) is 17.4 Å². The lowest BCUT2D eigenvalue weighted by Crippen LogP contribution is -2.11. The first kappa shape index (κ1) is 22.7. The summed E-state index contributed by atoms with van der Waals surface area (Å²) in [6.45, 7) is 0. The summed E-state index contributed by atoms with van der Waals surface area (Å²) < 4.78 is 9.19. The molecule has 3 heteroatoms. The molecule has 0 atom stereocenters. The largest absolute Gasteiger partial charge is 0.454 e. The molecule has 0 aliphatic heterocycles. The molecular formula is C38H23NOS. The maximum Gasteiger partial charge on any atom is 0.159 e. The van der Waals surface area contributed by atoms with E-state index >= 15 is 0 Å². The lowest BCUT2D eigenvalue weighted by Gasteiger charge is -2.28. The van der Waals surface area contributed by atoms with Crippen LogP contribution in [-0.2, 0) is 0 Å². The molecule has 0 saturated carbocycles. The van der Waals surface area contributed by atoms with Crippen molar-refractivity contribution >= 4 is 92.1 Å². The highest BCUT2D eigenvalue weighted by Crippen LogP contribution is 2.49. The van der Waals surface area contributed by atoms with E-state index in [9.17, 15) is 0 Å². The van der Waals surface area contributed by atoms with Crippen molar-refractivity contribution in [1.29, 1.82) is 0 Å². The molecule has 192 valence electrons. The van der Waals surface area contributed by atoms with Crippen LogP contribution in [0.5, 0.6) is 0 Å². The molecule has 2 heterocycles. The summed E-state index contributed by atoms with van der Waals surface area (Å²) >= 11 is 1.85. The molecule has 0 saturated heterocycles. The van der Waals surface area contributed by atoms with Gasteiger partial charge in [0, 0.05) is 31.6 Å². The molecule has 0 spiro atoms. The smallest absolute Gasteiger partial charge is 0.159 e. The van der Waals surface area contributed by atoms with E-state index in [0.29, 0.717) is 0 Å². The fourth-order valence-electron chi connectivity index (χ4n) is 6.43. The van der Waals surface area contributed by atoms with Gasteiger partial charge in [-0.3, -0.25) is 0 Å². The summed E-state index contributed by atoms with van der Waals surface area (Å²) in [4.78, 5) is 2.43. The first-order valence-electron chi connectivity index (χ1n) is 13.9. The Kier molecular flexibility index (Phi) is 4.80. The summed E-state index contributed by atoms with van der Waals surface area (Å²) in [5.74, 6) is 0. The Labute approximate surface area is 240 Å². The van der Waals surface area contributed by atoms with E-state index in [1.165, 1.54) is 41.7 Å². The molecular weight excluding hydrogens is 518 g/mol. The third kappa shape index (κ3) is 3.30. The number of fused-ring (bicyclic) bond motifs is 9. The third-order valence-electron chi connectivity index (χ3n) is 8.24. The second-order valence-electron chi connectivity index (χ2n) is 10.5. The Bertz CT molecular complexity index is 2330. The number of nitrogens with zero attached hydrogens (tertiary/aromatic N) is 1. The molecule has 2 aromatic heterocycles. The number of benzene rings is 7. The average Bonchev–Trinajstić information content (AvgIpc) is 3.61. The number of hydrogen-bond acceptors (Lipinski definition) is 3.